The molecule has 3 aliphatic rings. The molecule has 35 heavy (non-hydrogen) atoms. The van der Waals surface area contributed by atoms with Crippen LogP contribution in [0.3, 0.4) is 0 Å². The fourth-order valence-corrected chi connectivity index (χ4v) is 5.16. The Kier molecular flexibility index (Phi) is 5.03. The molecule has 1 aromatic heterocycles. The number of ketones is 1. The SMILES string of the molecule is COc1cc([C@@H]2C(C(=O)c3cccs3)=C(O)C(=O)N2Cc2ccc3c(c2)OCO3)cc2c1OCO2. The lowest BCUT2D eigenvalue weighted by molar-refractivity contribution is -0.130. The van der Waals surface area contributed by atoms with Gasteiger partial charge in [-0.05, 0) is 46.8 Å². The highest BCUT2D eigenvalue weighted by atomic mass is 32.1. The van der Waals surface area contributed by atoms with Crippen LogP contribution in [0.5, 0.6) is 28.7 Å². The fourth-order valence-electron chi connectivity index (χ4n) is 4.48. The number of nitrogens with zero attached hydrogens (tertiary/aromatic N) is 1. The zero-order valence-corrected chi connectivity index (χ0v) is 19.3. The maximum atomic E-state index is 13.5. The number of aliphatic hydroxyl groups excluding tert-OH is 1. The molecule has 0 saturated heterocycles. The number of carbonyl (C=O) groups is 2. The minimum atomic E-state index is -0.883. The van der Waals surface area contributed by atoms with E-state index in [1.807, 2.05) is 6.07 Å². The number of fused-ring (bicyclic) bond motifs is 2. The van der Waals surface area contributed by atoms with Gasteiger partial charge in [-0.15, -0.1) is 11.3 Å². The molecule has 6 rings (SSSR count). The highest BCUT2D eigenvalue weighted by molar-refractivity contribution is 7.12. The Bertz CT molecular complexity index is 1380. The molecular formula is C25H19NO8S. The largest absolute Gasteiger partial charge is 0.503 e. The highest BCUT2D eigenvalue weighted by Crippen LogP contribution is 2.48. The van der Waals surface area contributed by atoms with Crippen LogP contribution in [-0.4, -0.2) is 42.4 Å². The average Bonchev–Trinajstić information content (AvgIpc) is 3.67. The second kappa shape index (κ2) is 8.24. The van der Waals surface area contributed by atoms with Gasteiger partial charge >= 0.3 is 0 Å². The Morgan fingerprint density at radius 2 is 1.89 bits per heavy atom. The molecule has 0 radical (unpaired) electrons. The zero-order chi connectivity index (χ0) is 24.1. The second-order valence-corrected chi connectivity index (χ2v) is 9.00. The molecule has 178 valence electrons. The van der Waals surface area contributed by atoms with Gasteiger partial charge in [0.25, 0.3) is 5.91 Å². The molecule has 1 N–H and O–H groups in total. The van der Waals surface area contributed by atoms with E-state index in [0.717, 1.165) is 5.56 Å². The lowest BCUT2D eigenvalue weighted by Crippen LogP contribution is -2.30. The highest BCUT2D eigenvalue weighted by Gasteiger charge is 2.45. The second-order valence-electron chi connectivity index (χ2n) is 8.05. The number of methoxy groups -OCH3 is 1. The summed E-state index contributed by atoms with van der Waals surface area (Å²) in [6, 6.07) is 11.3. The van der Waals surface area contributed by atoms with Crippen molar-refractivity contribution in [3.63, 3.8) is 0 Å². The molecule has 4 heterocycles. The van der Waals surface area contributed by atoms with E-state index in [2.05, 4.69) is 0 Å². The number of rotatable bonds is 6. The van der Waals surface area contributed by atoms with Crippen molar-refractivity contribution in [1.29, 1.82) is 0 Å². The van der Waals surface area contributed by atoms with Gasteiger partial charge in [-0.2, -0.15) is 0 Å². The minimum Gasteiger partial charge on any atom is -0.503 e. The molecule has 0 spiro atoms. The van der Waals surface area contributed by atoms with Crippen LogP contribution in [0.1, 0.15) is 26.8 Å². The summed E-state index contributed by atoms with van der Waals surface area (Å²) in [5.41, 5.74) is 1.29. The number of amides is 1. The van der Waals surface area contributed by atoms with Crippen LogP contribution in [0.15, 0.2) is 59.2 Å². The van der Waals surface area contributed by atoms with E-state index in [4.69, 9.17) is 23.7 Å². The summed E-state index contributed by atoms with van der Waals surface area (Å²) in [4.78, 5) is 28.7. The lowest BCUT2D eigenvalue weighted by Gasteiger charge is -2.27. The molecule has 0 bridgehead atoms. The molecule has 2 aromatic carbocycles. The van der Waals surface area contributed by atoms with Crippen molar-refractivity contribution in [3.8, 4) is 28.7 Å². The molecule has 1 amide bonds. The fraction of sp³-hybridized carbons (Fsp3) is 0.200. The summed E-state index contributed by atoms with van der Waals surface area (Å²) in [5.74, 6) is 0.831. The van der Waals surface area contributed by atoms with E-state index in [9.17, 15) is 14.7 Å². The molecule has 3 aromatic rings. The Labute approximate surface area is 203 Å². The predicted molar refractivity (Wildman–Crippen MR) is 123 cm³/mol. The predicted octanol–water partition coefficient (Wildman–Crippen LogP) is 3.99. The van der Waals surface area contributed by atoms with Crippen molar-refractivity contribution in [2.75, 3.05) is 20.7 Å². The van der Waals surface area contributed by atoms with Crippen molar-refractivity contribution in [2.24, 2.45) is 0 Å². The van der Waals surface area contributed by atoms with Crippen LogP contribution < -0.4 is 23.7 Å². The third-order valence-corrected chi connectivity index (χ3v) is 6.95. The summed E-state index contributed by atoms with van der Waals surface area (Å²) < 4.78 is 27.4. The first kappa shape index (κ1) is 21.4. The minimum absolute atomic E-state index is 0.000822. The Balaban J connectivity index is 1.46. The Morgan fingerprint density at radius 1 is 1.09 bits per heavy atom. The van der Waals surface area contributed by atoms with E-state index >= 15 is 0 Å². The number of hydrogen-bond acceptors (Lipinski definition) is 9. The van der Waals surface area contributed by atoms with Crippen LogP contribution in [-0.2, 0) is 11.3 Å². The first-order chi connectivity index (χ1) is 17.0. The average molecular weight is 493 g/mol. The van der Waals surface area contributed by atoms with Gasteiger partial charge in [-0.1, -0.05) is 12.1 Å². The summed E-state index contributed by atoms with van der Waals surface area (Å²) >= 11 is 1.24. The number of ether oxygens (including phenoxy) is 5. The number of Topliss-reactive ketones (excluding diaryl/α,β-unsaturated/α-hetero) is 1. The third kappa shape index (κ3) is 3.45. The standard InChI is InChI=1S/C25H19NO8S/c1-30-17-8-14(9-18-24(17)34-12-33-18)21-20(22(27)19-3-2-6-35-19)23(28)25(29)26(21)10-13-4-5-15-16(7-13)32-11-31-15/h2-9,21,28H,10-12H2,1H3/t21-/m1/s1. The number of aliphatic hydroxyl groups is 1. The van der Waals surface area contributed by atoms with Crippen LogP contribution >= 0.6 is 11.3 Å². The molecule has 0 fully saturated rings. The number of carbonyl (C=O) groups excluding carboxylic acids is 2. The number of hydrogen-bond donors (Lipinski definition) is 1. The van der Waals surface area contributed by atoms with Gasteiger partial charge in [0.05, 0.1) is 23.6 Å². The molecule has 1 atom stereocenters. The van der Waals surface area contributed by atoms with E-state index in [1.54, 1.807) is 41.8 Å². The van der Waals surface area contributed by atoms with E-state index in [0.29, 0.717) is 39.2 Å². The van der Waals surface area contributed by atoms with Gasteiger partial charge in [-0.3, -0.25) is 9.59 Å². The lowest BCUT2D eigenvalue weighted by atomic mass is 9.94. The molecule has 0 saturated carbocycles. The summed E-state index contributed by atoms with van der Waals surface area (Å²) in [7, 11) is 1.50. The van der Waals surface area contributed by atoms with Crippen molar-refractivity contribution in [1.82, 2.24) is 4.90 Å². The Morgan fingerprint density at radius 3 is 2.69 bits per heavy atom. The molecule has 0 unspecified atom stereocenters. The number of benzene rings is 2. The van der Waals surface area contributed by atoms with Crippen molar-refractivity contribution < 1.29 is 38.4 Å². The normalized spacial score (nSPS) is 17.9. The van der Waals surface area contributed by atoms with Crippen molar-refractivity contribution >= 4 is 23.0 Å². The van der Waals surface area contributed by atoms with E-state index in [-0.39, 0.29) is 25.7 Å². The third-order valence-electron chi connectivity index (χ3n) is 6.08. The number of thiophene rings is 1. The first-order valence-electron chi connectivity index (χ1n) is 10.7. The Hall–Kier alpha value is -4.18. The maximum Gasteiger partial charge on any atom is 0.290 e. The van der Waals surface area contributed by atoms with Crippen LogP contribution in [0, 0.1) is 0 Å². The van der Waals surface area contributed by atoms with E-state index in [1.165, 1.54) is 23.3 Å². The molecule has 9 nitrogen and oxygen atoms in total. The smallest absolute Gasteiger partial charge is 0.290 e. The van der Waals surface area contributed by atoms with Gasteiger partial charge in [0.2, 0.25) is 25.1 Å². The van der Waals surface area contributed by atoms with Gasteiger partial charge in [0, 0.05) is 6.54 Å². The maximum absolute atomic E-state index is 13.5. The molecular weight excluding hydrogens is 474 g/mol. The van der Waals surface area contributed by atoms with Crippen LogP contribution in [0.2, 0.25) is 0 Å². The van der Waals surface area contributed by atoms with Crippen LogP contribution in [0.25, 0.3) is 0 Å². The van der Waals surface area contributed by atoms with Gasteiger partial charge < -0.3 is 33.7 Å². The first-order valence-corrected chi connectivity index (χ1v) is 11.6. The van der Waals surface area contributed by atoms with Crippen molar-refractivity contribution in [3.05, 3.63) is 75.2 Å². The summed E-state index contributed by atoms with van der Waals surface area (Å²) in [5, 5.41) is 12.7. The molecule has 3 aliphatic heterocycles. The van der Waals surface area contributed by atoms with Gasteiger partial charge in [0.15, 0.2) is 28.8 Å². The van der Waals surface area contributed by atoms with E-state index < -0.39 is 23.5 Å². The molecule has 0 aliphatic carbocycles. The monoisotopic (exact) mass is 493 g/mol. The topological polar surface area (TPSA) is 104 Å². The van der Waals surface area contributed by atoms with Gasteiger partial charge in [0.1, 0.15) is 0 Å². The summed E-state index contributed by atoms with van der Waals surface area (Å²) in [6.07, 6.45) is 0. The quantitative estimate of drug-likeness (QED) is 0.514. The zero-order valence-electron chi connectivity index (χ0n) is 18.5. The van der Waals surface area contributed by atoms with Crippen molar-refractivity contribution in [2.45, 2.75) is 12.6 Å². The molecule has 10 heteroatoms. The van der Waals surface area contributed by atoms with Crippen LogP contribution in [0.4, 0.5) is 0 Å². The summed E-state index contributed by atoms with van der Waals surface area (Å²) in [6.45, 7) is 0.271. The van der Waals surface area contributed by atoms with Gasteiger partial charge in [-0.25, -0.2) is 0 Å².